The lowest BCUT2D eigenvalue weighted by atomic mass is 10.1. The molecule has 2 aromatic rings. The third-order valence-electron chi connectivity index (χ3n) is 5.60. The lowest BCUT2D eigenvalue weighted by Gasteiger charge is -2.32. The molecule has 2 saturated heterocycles. The number of nitrogens with zero attached hydrogens (tertiary/aromatic N) is 5. The number of hydrogen-bond acceptors (Lipinski definition) is 9. The van der Waals surface area contributed by atoms with Gasteiger partial charge in [-0.2, -0.15) is 5.26 Å². The minimum Gasteiger partial charge on any atom is -0.387 e. The second kappa shape index (κ2) is 8.84. The first-order valence-electron chi connectivity index (χ1n) is 10.0. The van der Waals surface area contributed by atoms with Crippen molar-refractivity contribution in [2.75, 3.05) is 30.9 Å². The molecular formula is C18H22F2N5O7P. The fourth-order valence-corrected chi connectivity index (χ4v) is 4.29. The van der Waals surface area contributed by atoms with Crippen LogP contribution in [-0.2, 0) is 14.0 Å². The van der Waals surface area contributed by atoms with Crippen LogP contribution in [0, 0.1) is 11.3 Å². The maximum absolute atomic E-state index is 13.6. The topological polar surface area (TPSA) is 174 Å². The molecule has 12 nitrogen and oxygen atoms in total. The number of ether oxygens (including phenoxy) is 2. The third-order valence-corrected chi connectivity index (χ3v) is 6.12. The Morgan fingerprint density at radius 2 is 1.97 bits per heavy atom. The van der Waals surface area contributed by atoms with Crippen LogP contribution in [0.5, 0.6) is 0 Å². The fourth-order valence-electron chi connectivity index (χ4n) is 3.94. The highest BCUT2D eigenvalue weighted by Gasteiger charge is 2.44. The van der Waals surface area contributed by atoms with Gasteiger partial charge in [-0.3, -0.25) is 4.57 Å². The molecule has 0 saturated carbocycles. The molecule has 4 N–H and O–H groups in total. The van der Waals surface area contributed by atoms with Crippen molar-refractivity contribution >= 4 is 24.4 Å². The molecule has 15 heteroatoms. The molecule has 2 fully saturated rings. The van der Waals surface area contributed by atoms with E-state index in [2.05, 4.69) is 9.97 Å². The van der Waals surface area contributed by atoms with E-state index in [1.165, 1.54) is 10.8 Å². The van der Waals surface area contributed by atoms with Crippen LogP contribution in [0.3, 0.4) is 0 Å². The van der Waals surface area contributed by atoms with Gasteiger partial charge in [-0.1, -0.05) is 0 Å². The van der Waals surface area contributed by atoms with Crippen molar-refractivity contribution in [2.24, 2.45) is 0 Å². The average Bonchev–Trinajstić information content (AvgIpc) is 3.28. The minimum atomic E-state index is -4.42. The van der Waals surface area contributed by atoms with Crippen molar-refractivity contribution in [1.29, 1.82) is 5.26 Å². The first kappa shape index (κ1) is 23.9. The van der Waals surface area contributed by atoms with Gasteiger partial charge in [0.05, 0.1) is 12.0 Å². The number of nitriles is 1. The van der Waals surface area contributed by atoms with Crippen LogP contribution in [0.1, 0.15) is 24.9 Å². The molecule has 4 heterocycles. The maximum Gasteiger partial charge on any atom is 0.350 e. The summed E-state index contributed by atoms with van der Waals surface area (Å²) in [6, 6.07) is 3.43. The highest BCUT2D eigenvalue weighted by atomic mass is 31.2. The van der Waals surface area contributed by atoms with E-state index in [4.69, 9.17) is 19.3 Å². The summed E-state index contributed by atoms with van der Waals surface area (Å²) >= 11 is 0. The van der Waals surface area contributed by atoms with Crippen LogP contribution in [-0.4, -0.2) is 84.8 Å². The Hall–Kier alpha value is -2.24. The molecule has 4 atom stereocenters. The molecule has 0 amide bonds. The van der Waals surface area contributed by atoms with Gasteiger partial charge >= 0.3 is 7.60 Å². The highest BCUT2D eigenvalue weighted by molar-refractivity contribution is 7.51. The summed E-state index contributed by atoms with van der Waals surface area (Å²) in [5.74, 6) is -2.66. The van der Waals surface area contributed by atoms with Gasteiger partial charge in [0.25, 0.3) is 5.92 Å². The zero-order chi connectivity index (χ0) is 24.0. The van der Waals surface area contributed by atoms with Crippen molar-refractivity contribution in [2.45, 2.75) is 43.3 Å². The molecule has 2 aliphatic rings. The van der Waals surface area contributed by atoms with Crippen molar-refractivity contribution in [3.05, 3.63) is 18.1 Å². The molecule has 33 heavy (non-hydrogen) atoms. The quantitative estimate of drug-likeness (QED) is 0.411. The summed E-state index contributed by atoms with van der Waals surface area (Å²) in [5, 5.41) is 30.6. The van der Waals surface area contributed by atoms with Gasteiger partial charge in [0.1, 0.15) is 42.2 Å². The second-order valence-electron chi connectivity index (χ2n) is 8.00. The van der Waals surface area contributed by atoms with Gasteiger partial charge in [0, 0.05) is 32.1 Å². The second-order valence-corrected chi connectivity index (χ2v) is 9.58. The molecule has 180 valence electrons. The average molecular weight is 489 g/mol. The molecule has 0 spiro atoms. The zero-order valence-electron chi connectivity index (χ0n) is 17.2. The van der Waals surface area contributed by atoms with E-state index in [-0.39, 0.29) is 44.0 Å². The Bertz CT molecular complexity index is 1110. The molecule has 2 aliphatic heterocycles. The number of aliphatic hydroxyl groups excluding tert-OH is 2. The minimum absolute atomic E-state index is 0.0371. The standard InChI is InChI=1S/C18H22F2N5O7P/c19-18(20)2-5-24(6-3-18)15-10-1-4-25(16(10)23-12(7-21)22-15)17-14(27)13(26)11(32-17)8-31-9-33(28,29)30/h1,4,11,13-14,17,26-27H,2-3,5-6,8-9H2,(H2,28,29,30)/t11-,13-,14-,17-/m1/s1. The van der Waals surface area contributed by atoms with E-state index >= 15 is 0 Å². The number of alkyl halides is 2. The zero-order valence-corrected chi connectivity index (χ0v) is 18.1. The number of aromatic nitrogens is 3. The van der Waals surface area contributed by atoms with Crippen LogP contribution in [0.25, 0.3) is 11.0 Å². The van der Waals surface area contributed by atoms with E-state index < -0.39 is 44.4 Å². The van der Waals surface area contributed by atoms with Crippen molar-refractivity contribution in [3.63, 3.8) is 0 Å². The summed E-state index contributed by atoms with van der Waals surface area (Å²) < 4.78 is 50.1. The van der Waals surface area contributed by atoms with Gasteiger partial charge in [-0.05, 0) is 6.07 Å². The van der Waals surface area contributed by atoms with Crippen LogP contribution in [0.2, 0.25) is 0 Å². The van der Waals surface area contributed by atoms with E-state index in [0.29, 0.717) is 11.2 Å². The van der Waals surface area contributed by atoms with E-state index in [0.717, 1.165) is 0 Å². The summed E-state index contributed by atoms with van der Waals surface area (Å²) in [7, 11) is -4.42. The largest absolute Gasteiger partial charge is 0.387 e. The number of anilines is 1. The molecule has 4 rings (SSSR count). The van der Waals surface area contributed by atoms with Crippen LogP contribution in [0.15, 0.2) is 12.3 Å². The fraction of sp³-hybridized carbons (Fsp3) is 0.611. The molecule has 0 radical (unpaired) electrons. The number of rotatable bonds is 6. The number of hydrogen-bond donors (Lipinski definition) is 4. The summed E-state index contributed by atoms with van der Waals surface area (Å²) in [6.45, 7) is -0.310. The molecule has 0 aliphatic carbocycles. The summed E-state index contributed by atoms with van der Waals surface area (Å²) in [5.41, 5.74) is 0.196. The molecule has 0 aromatic carbocycles. The van der Waals surface area contributed by atoms with E-state index in [1.807, 2.05) is 6.07 Å². The molecular weight excluding hydrogens is 467 g/mol. The van der Waals surface area contributed by atoms with Crippen molar-refractivity contribution in [1.82, 2.24) is 14.5 Å². The number of aliphatic hydroxyl groups is 2. The predicted octanol–water partition coefficient (Wildman–Crippen LogP) is 0.309. The Morgan fingerprint density at radius 3 is 2.61 bits per heavy atom. The smallest absolute Gasteiger partial charge is 0.350 e. The Balaban J connectivity index is 1.61. The van der Waals surface area contributed by atoms with Crippen molar-refractivity contribution < 1.29 is 42.8 Å². The monoisotopic (exact) mass is 489 g/mol. The summed E-state index contributed by atoms with van der Waals surface area (Å²) in [4.78, 5) is 27.8. The van der Waals surface area contributed by atoms with Gasteiger partial charge in [0.15, 0.2) is 6.23 Å². The Labute approximate surface area is 186 Å². The lowest BCUT2D eigenvalue weighted by molar-refractivity contribution is -0.0610. The van der Waals surface area contributed by atoms with Crippen LogP contribution >= 0.6 is 7.60 Å². The lowest BCUT2D eigenvalue weighted by Crippen LogP contribution is -2.40. The number of piperidine rings is 1. The SMILES string of the molecule is N#Cc1nc(N2CCC(F)(F)CC2)c2ccn([C@@H]3O[C@H](COCP(=O)(O)O)[C@@H](O)[C@H]3O)c2n1. The van der Waals surface area contributed by atoms with Crippen molar-refractivity contribution in [3.8, 4) is 6.07 Å². The van der Waals surface area contributed by atoms with Gasteiger partial charge < -0.3 is 38.9 Å². The Kier molecular flexibility index (Phi) is 6.41. The third kappa shape index (κ3) is 4.99. The van der Waals surface area contributed by atoms with E-state index in [9.17, 15) is 28.8 Å². The highest BCUT2D eigenvalue weighted by Crippen LogP contribution is 2.37. The predicted molar refractivity (Wildman–Crippen MR) is 107 cm³/mol. The maximum atomic E-state index is 13.6. The summed E-state index contributed by atoms with van der Waals surface area (Å²) in [6.07, 6.45) is -5.18. The van der Waals surface area contributed by atoms with Gasteiger partial charge in [0.2, 0.25) is 5.82 Å². The number of fused-ring (bicyclic) bond motifs is 1. The van der Waals surface area contributed by atoms with Crippen LogP contribution in [0.4, 0.5) is 14.6 Å². The van der Waals surface area contributed by atoms with Crippen LogP contribution < -0.4 is 4.90 Å². The first-order chi connectivity index (χ1) is 15.5. The van der Waals surface area contributed by atoms with Gasteiger partial charge in [-0.15, -0.1) is 0 Å². The Morgan fingerprint density at radius 1 is 1.27 bits per heavy atom. The molecule has 0 unspecified atom stereocenters. The first-order valence-corrected chi connectivity index (χ1v) is 11.8. The molecule has 0 bridgehead atoms. The number of halogens is 2. The van der Waals surface area contributed by atoms with Gasteiger partial charge in [-0.25, -0.2) is 18.7 Å². The van der Waals surface area contributed by atoms with E-state index in [1.54, 1.807) is 11.0 Å². The normalized spacial score (nSPS) is 27.7. The molecule has 2 aromatic heterocycles.